The number of rotatable bonds is 6. The topological polar surface area (TPSA) is 72.5 Å². The Morgan fingerprint density at radius 1 is 1.08 bits per heavy atom. The first kappa shape index (κ1) is 17.9. The third kappa shape index (κ3) is 4.52. The number of ether oxygens (including phenoxy) is 1. The van der Waals surface area contributed by atoms with Crippen molar-refractivity contribution in [1.29, 1.82) is 0 Å². The van der Waals surface area contributed by atoms with E-state index in [1.807, 2.05) is 19.9 Å². The van der Waals surface area contributed by atoms with Gasteiger partial charge in [-0.1, -0.05) is 0 Å². The van der Waals surface area contributed by atoms with Crippen LogP contribution >= 0.6 is 11.3 Å². The van der Waals surface area contributed by atoms with Gasteiger partial charge in [-0.2, -0.15) is 0 Å². The van der Waals surface area contributed by atoms with Crippen LogP contribution in [0.25, 0.3) is 0 Å². The van der Waals surface area contributed by atoms with Crippen LogP contribution in [0.5, 0.6) is 0 Å². The Morgan fingerprint density at radius 3 is 2.29 bits per heavy atom. The Morgan fingerprint density at radius 2 is 1.75 bits per heavy atom. The lowest BCUT2D eigenvalue weighted by Crippen LogP contribution is -2.13. The third-order valence-corrected chi connectivity index (χ3v) is 4.48. The SMILES string of the molecule is COC(=O)c1ccc(NC(=O)CCC(=O)c2cc(C)sc2C)cc1. The van der Waals surface area contributed by atoms with E-state index in [0.29, 0.717) is 16.8 Å². The largest absolute Gasteiger partial charge is 0.465 e. The van der Waals surface area contributed by atoms with Crippen LogP contribution in [0.3, 0.4) is 0 Å². The normalized spacial score (nSPS) is 10.3. The molecule has 1 amide bonds. The summed E-state index contributed by atoms with van der Waals surface area (Å²) in [6.07, 6.45) is 0.287. The molecule has 1 aromatic heterocycles. The van der Waals surface area contributed by atoms with Crippen LogP contribution in [0.15, 0.2) is 30.3 Å². The van der Waals surface area contributed by atoms with E-state index in [0.717, 1.165) is 9.75 Å². The zero-order chi connectivity index (χ0) is 17.7. The lowest BCUT2D eigenvalue weighted by molar-refractivity contribution is -0.116. The number of benzene rings is 1. The van der Waals surface area contributed by atoms with Crippen molar-refractivity contribution in [1.82, 2.24) is 0 Å². The van der Waals surface area contributed by atoms with Crippen molar-refractivity contribution < 1.29 is 19.1 Å². The average Bonchev–Trinajstić information content (AvgIpc) is 2.91. The summed E-state index contributed by atoms with van der Waals surface area (Å²) in [5.41, 5.74) is 1.68. The Balaban J connectivity index is 1.88. The van der Waals surface area contributed by atoms with Crippen molar-refractivity contribution in [3.63, 3.8) is 0 Å². The molecule has 0 fully saturated rings. The van der Waals surface area contributed by atoms with Gasteiger partial charge >= 0.3 is 5.97 Å². The summed E-state index contributed by atoms with van der Waals surface area (Å²) in [6, 6.07) is 8.26. The van der Waals surface area contributed by atoms with Gasteiger partial charge in [0.25, 0.3) is 0 Å². The van der Waals surface area contributed by atoms with E-state index in [9.17, 15) is 14.4 Å². The van der Waals surface area contributed by atoms with E-state index in [1.165, 1.54) is 7.11 Å². The van der Waals surface area contributed by atoms with Gasteiger partial charge in [0.2, 0.25) is 5.91 Å². The number of anilines is 1. The maximum Gasteiger partial charge on any atom is 0.337 e. The fourth-order valence-electron chi connectivity index (χ4n) is 2.30. The molecule has 1 heterocycles. The van der Waals surface area contributed by atoms with Gasteiger partial charge in [-0.3, -0.25) is 9.59 Å². The number of methoxy groups -OCH3 is 1. The fraction of sp³-hybridized carbons (Fsp3) is 0.278. The molecule has 0 saturated heterocycles. The molecule has 0 unspecified atom stereocenters. The van der Waals surface area contributed by atoms with Gasteiger partial charge in [0.15, 0.2) is 5.78 Å². The van der Waals surface area contributed by atoms with E-state index in [2.05, 4.69) is 10.1 Å². The number of nitrogens with one attached hydrogen (secondary N) is 1. The summed E-state index contributed by atoms with van der Waals surface area (Å²) >= 11 is 1.58. The first-order valence-electron chi connectivity index (χ1n) is 7.49. The summed E-state index contributed by atoms with van der Waals surface area (Å²) in [6.45, 7) is 3.87. The molecule has 0 aliphatic heterocycles. The first-order chi connectivity index (χ1) is 11.4. The number of carbonyl (C=O) groups is 3. The Labute approximate surface area is 144 Å². The highest BCUT2D eigenvalue weighted by molar-refractivity contribution is 7.12. The highest BCUT2D eigenvalue weighted by Gasteiger charge is 2.14. The maximum absolute atomic E-state index is 12.2. The van der Waals surface area contributed by atoms with Crippen molar-refractivity contribution in [2.75, 3.05) is 12.4 Å². The van der Waals surface area contributed by atoms with Crippen LogP contribution in [0.1, 0.15) is 43.3 Å². The van der Waals surface area contributed by atoms with Gasteiger partial charge in [-0.05, 0) is 44.2 Å². The van der Waals surface area contributed by atoms with Crippen molar-refractivity contribution in [3.05, 3.63) is 51.2 Å². The highest BCUT2D eigenvalue weighted by atomic mass is 32.1. The van der Waals surface area contributed by atoms with Gasteiger partial charge in [0.1, 0.15) is 0 Å². The molecule has 0 aliphatic carbocycles. The Bertz CT molecular complexity index is 762. The molecule has 0 spiro atoms. The lowest BCUT2D eigenvalue weighted by Gasteiger charge is -2.06. The first-order valence-corrected chi connectivity index (χ1v) is 8.31. The molecule has 5 nitrogen and oxygen atoms in total. The van der Waals surface area contributed by atoms with E-state index < -0.39 is 5.97 Å². The zero-order valence-electron chi connectivity index (χ0n) is 13.8. The van der Waals surface area contributed by atoms with Gasteiger partial charge in [0.05, 0.1) is 12.7 Å². The van der Waals surface area contributed by atoms with Gasteiger partial charge < -0.3 is 10.1 Å². The monoisotopic (exact) mass is 345 g/mol. The summed E-state index contributed by atoms with van der Waals surface area (Å²) < 4.78 is 4.61. The van der Waals surface area contributed by atoms with Crippen LogP contribution in [0, 0.1) is 13.8 Å². The molecule has 0 radical (unpaired) electrons. The summed E-state index contributed by atoms with van der Waals surface area (Å²) in [5, 5.41) is 2.71. The van der Waals surface area contributed by atoms with E-state index >= 15 is 0 Å². The van der Waals surface area contributed by atoms with E-state index in [4.69, 9.17) is 0 Å². The highest BCUT2D eigenvalue weighted by Crippen LogP contribution is 2.22. The Kier molecular flexibility index (Phi) is 5.87. The van der Waals surface area contributed by atoms with E-state index in [-0.39, 0.29) is 24.5 Å². The molecule has 0 aliphatic rings. The Hall–Kier alpha value is -2.47. The van der Waals surface area contributed by atoms with Crippen LogP contribution < -0.4 is 5.32 Å². The summed E-state index contributed by atoms with van der Waals surface area (Å²) in [7, 11) is 1.31. The molecular formula is C18H19NO4S. The number of hydrogen-bond donors (Lipinski definition) is 1. The number of carbonyl (C=O) groups excluding carboxylic acids is 3. The van der Waals surface area contributed by atoms with Crippen LogP contribution in [-0.4, -0.2) is 24.8 Å². The van der Waals surface area contributed by atoms with Gasteiger partial charge in [0, 0.05) is 33.8 Å². The molecule has 2 rings (SSSR count). The number of esters is 1. The molecule has 0 saturated carbocycles. The molecule has 2 aromatic rings. The number of Topliss-reactive ketones (excluding diaryl/α,β-unsaturated/α-hetero) is 1. The molecule has 0 atom stereocenters. The van der Waals surface area contributed by atoms with Crippen molar-refractivity contribution in [2.24, 2.45) is 0 Å². The number of aryl methyl sites for hydroxylation is 2. The molecule has 6 heteroatoms. The van der Waals surface area contributed by atoms with Gasteiger partial charge in [-0.25, -0.2) is 4.79 Å². The summed E-state index contributed by atoms with van der Waals surface area (Å²) in [4.78, 5) is 37.5. The number of ketones is 1. The van der Waals surface area contributed by atoms with Crippen molar-refractivity contribution >= 4 is 34.7 Å². The second-order valence-electron chi connectivity index (χ2n) is 5.37. The predicted octanol–water partition coefficient (Wildman–Crippen LogP) is 3.75. The molecule has 0 bridgehead atoms. The lowest BCUT2D eigenvalue weighted by atomic mass is 10.1. The molecule has 1 aromatic carbocycles. The van der Waals surface area contributed by atoms with Crippen molar-refractivity contribution in [3.8, 4) is 0 Å². The predicted molar refractivity (Wildman–Crippen MR) is 93.8 cm³/mol. The summed E-state index contributed by atoms with van der Waals surface area (Å²) in [5.74, 6) is -0.688. The minimum atomic E-state index is -0.431. The minimum absolute atomic E-state index is 0.0203. The van der Waals surface area contributed by atoms with Crippen LogP contribution in [0.4, 0.5) is 5.69 Å². The minimum Gasteiger partial charge on any atom is -0.465 e. The average molecular weight is 345 g/mol. The zero-order valence-corrected chi connectivity index (χ0v) is 14.7. The number of hydrogen-bond acceptors (Lipinski definition) is 5. The number of thiophene rings is 1. The quantitative estimate of drug-likeness (QED) is 0.639. The fourth-order valence-corrected chi connectivity index (χ4v) is 3.24. The second kappa shape index (κ2) is 7.88. The molecule has 126 valence electrons. The standard InChI is InChI=1S/C18H19NO4S/c1-11-10-15(12(2)24-11)16(20)8-9-17(21)19-14-6-4-13(5-7-14)18(22)23-3/h4-7,10H,8-9H2,1-3H3,(H,19,21). The maximum atomic E-state index is 12.2. The smallest absolute Gasteiger partial charge is 0.337 e. The van der Waals surface area contributed by atoms with E-state index in [1.54, 1.807) is 35.6 Å². The number of amides is 1. The van der Waals surface area contributed by atoms with Gasteiger partial charge in [-0.15, -0.1) is 11.3 Å². The van der Waals surface area contributed by atoms with Crippen molar-refractivity contribution in [2.45, 2.75) is 26.7 Å². The second-order valence-corrected chi connectivity index (χ2v) is 6.83. The molecule has 24 heavy (non-hydrogen) atoms. The van der Waals surface area contributed by atoms with Crippen LogP contribution in [0.2, 0.25) is 0 Å². The van der Waals surface area contributed by atoms with Crippen LogP contribution in [-0.2, 0) is 9.53 Å². The molecular weight excluding hydrogens is 326 g/mol. The molecule has 1 N–H and O–H groups in total. The third-order valence-electron chi connectivity index (χ3n) is 3.51.